The lowest BCUT2D eigenvalue weighted by Gasteiger charge is -2.17. The quantitative estimate of drug-likeness (QED) is 0.663. The Hall–Kier alpha value is -1.96. The van der Waals surface area contributed by atoms with Gasteiger partial charge in [0.1, 0.15) is 12.9 Å². The lowest BCUT2D eigenvalue weighted by atomic mass is 10.4. The average Bonchev–Trinajstić information content (AvgIpc) is 2.71. The van der Waals surface area contributed by atoms with Gasteiger partial charge in [-0.1, -0.05) is 0 Å². The Bertz CT molecular complexity index is 351. The molecule has 8 heteroatoms. The van der Waals surface area contributed by atoms with Crippen molar-refractivity contribution in [1.29, 1.82) is 0 Å². The third-order valence-electron chi connectivity index (χ3n) is 1.78. The number of hydrogen-bond donors (Lipinski definition) is 2. The van der Waals surface area contributed by atoms with E-state index in [1.54, 1.807) is 0 Å². The molecule has 1 amide bonds. The van der Waals surface area contributed by atoms with Crippen molar-refractivity contribution in [1.82, 2.24) is 15.2 Å². The van der Waals surface area contributed by atoms with Crippen molar-refractivity contribution in [2.75, 3.05) is 25.2 Å². The number of anilines is 1. The van der Waals surface area contributed by atoms with Crippen LogP contribution in [0.1, 0.15) is 6.42 Å². The zero-order valence-electron chi connectivity index (χ0n) is 8.71. The summed E-state index contributed by atoms with van der Waals surface area (Å²) in [6, 6.07) is 0. The molecule has 0 aliphatic carbocycles. The van der Waals surface area contributed by atoms with Crippen molar-refractivity contribution in [2.24, 2.45) is 0 Å². The summed E-state index contributed by atoms with van der Waals surface area (Å²) >= 11 is 0. The number of methoxy groups -OCH3 is 1. The smallest absolute Gasteiger partial charge is 0.305 e. The summed E-state index contributed by atoms with van der Waals surface area (Å²) in [5.41, 5.74) is 0. The molecule has 2 N–H and O–H groups in total. The first-order chi connectivity index (χ1) is 7.65. The Morgan fingerprint density at radius 2 is 2.38 bits per heavy atom. The van der Waals surface area contributed by atoms with E-state index in [1.165, 1.54) is 18.3 Å². The number of aromatic amines is 1. The lowest BCUT2D eigenvalue weighted by molar-refractivity contribution is -0.136. The molecule has 0 radical (unpaired) electrons. The lowest BCUT2D eigenvalue weighted by Crippen LogP contribution is -2.36. The van der Waals surface area contributed by atoms with Crippen LogP contribution in [0.4, 0.5) is 5.95 Å². The third-order valence-corrected chi connectivity index (χ3v) is 1.78. The topological polar surface area (TPSA) is 108 Å². The fraction of sp³-hybridized carbons (Fsp3) is 0.500. The molecule has 8 nitrogen and oxygen atoms in total. The van der Waals surface area contributed by atoms with E-state index in [-0.39, 0.29) is 31.4 Å². The van der Waals surface area contributed by atoms with Gasteiger partial charge >= 0.3 is 5.97 Å². The number of carboxylic acid groups (broad SMARTS) is 1. The van der Waals surface area contributed by atoms with E-state index in [0.717, 1.165) is 0 Å². The minimum atomic E-state index is -0.991. The van der Waals surface area contributed by atoms with E-state index in [0.29, 0.717) is 0 Å². The first-order valence-electron chi connectivity index (χ1n) is 4.51. The van der Waals surface area contributed by atoms with Gasteiger partial charge < -0.3 is 9.84 Å². The molecule has 88 valence electrons. The van der Waals surface area contributed by atoms with E-state index >= 15 is 0 Å². The van der Waals surface area contributed by atoms with Gasteiger partial charge in [-0.2, -0.15) is 10.1 Å². The van der Waals surface area contributed by atoms with Gasteiger partial charge in [0.15, 0.2) is 0 Å². The molecule has 0 fully saturated rings. The van der Waals surface area contributed by atoms with Crippen LogP contribution >= 0.6 is 0 Å². The number of carboxylic acids is 1. The van der Waals surface area contributed by atoms with Crippen LogP contribution in [0.15, 0.2) is 6.33 Å². The van der Waals surface area contributed by atoms with Gasteiger partial charge in [0.05, 0.1) is 6.42 Å². The maximum absolute atomic E-state index is 11.6. The highest BCUT2D eigenvalue weighted by Gasteiger charge is 2.18. The molecule has 0 aliphatic heterocycles. The summed E-state index contributed by atoms with van der Waals surface area (Å²) in [5, 5.41) is 14.6. The van der Waals surface area contributed by atoms with Crippen LogP contribution in [-0.2, 0) is 14.3 Å². The van der Waals surface area contributed by atoms with Crippen molar-refractivity contribution in [3.8, 4) is 0 Å². The summed E-state index contributed by atoms with van der Waals surface area (Å²) in [6.07, 6.45) is 1.07. The minimum Gasteiger partial charge on any atom is -0.481 e. The van der Waals surface area contributed by atoms with E-state index < -0.39 is 5.97 Å². The van der Waals surface area contributed by atoms with Crippen LogP contribution in [0.3, 0.4) is 0 Å². The summed E-state index contributed by atoms with van der Waals surface area (Å²) in [5.74, 6) is -1.15. The number of nitrogens with one attached hydrogen (secondary N) is 1. The largest absolute Gasteiger partial charge is 0.481 e. The normalized spacial score (nSPS) is 10.1. The van der Waals surface area contributed by atoms with Crippen LogP contribution in [-0.4, -0.2) is 52.4 Å². The molecule has 0 bridgehead atoms. The zero-order valence-corrected chi connectivity index (χ0v) is 8.71. The number of nitrogens with zero attached hydrogens (tertiary/aromatic N) is 3. The molecule has 0 unspecified atom stereocenters. The average molecular weight is 228 g/mol. The van der Waals surface area contributed by atoms with Gasteiger partial charge in [-0.05, 0) is 0 Å². The fourth-order valence-electron chi connectivity index (χ4n) is 1.09. The monoisotopic (exact) mass is 228 g/mol. The minimum absolute atomic E-state index is 0.0206. The number of ether oxygens (including phenoxy) is 1. The number of rotatable bonds is 6. The standard InChI is InChI=1S/C8H12N4O4/c1-16-4-6(13)12(3-2-7(14)15)8-9-5-10-11-8/h5H,2-4H2,1H3,(H,14,15)(H,9,10,11). The molecule has 1 aromatic rings. The van der Waals surface area contributed by atoms with Crippen LogP contribution in [0.5, 0.6) is 0 Å². The number of carbonyl (C=O) groups is 2. The first kappa shape index (κ1) is 12.1. The van der Waals surface area contributed by atoms with Crippen molar-refractivity contribution in [3.63, 3.8) is 0 Å². The summed E-state index contributed by atoms with van der Waals surface area (Å²) in [7, 11) is 1.38. The molecule has 0 saturated carbocycles. The highest BCUT2D eigenvalue weighted by atomic mass is 16.5. The van der Waals surface area contributed by atoms with Gasteiger partial charge in [-0.15, -0.1) is 0 Å². The Morgan fingerprint density at radius 1 is 1.62 bits per heavy atom. The second-order valence-corrected chi connectivity index (χ2v) is 2.93. The maximum atomic E-state index is 11.6. The van der Waals surface area contributed by atoms with E-state index in [4.69, 9.17) is 5.11 Å². The zero-order chi connectivity index (χ0) is 12.0. The van der Waals surface area contributed by atoms with Gasteiger partial charge in [0, 0.05) is 13.7 Å². The third kappa shape index (κ3) is 3.31. The Labute approximate surface area is 91.2 Å². The first-order valence-corrected chi connectivity index (χ1v) is 4.51. The van der Waals surface area contributed by atoms with Crippen LogP contribution in [0.25, 0.3) is 0 Å². The van der Waals surface area contributed by atoms with Gasteiger partial charge in [0.25, 0.3) is 5.91 Å². The molecule has 1 rings (SSSR count). The molecule has 0 atom stereocenters. The van der Waals surface area contributed by atoms with Crippen LogP contribution < -0.4 is 4.90 Å². The number of amides is 1. The van der Waals surface area contributed by atoms with Crippen molar-refractivity contribution in [2.45, 2.75) is 6.42 Å². The Balaban J connectivity index is 2.69. The predicted molar refractivity (Wildman–Crippen MR) is 52.9 cm³/mol. The van der Waals surface area contributed by atoms with Crippen molar-refractivity contribution in [3.05, 3.63) is 6.33 Å². The van der Waals surface area contributed by atoms with Gasteiger partial charge in [-0.3, -0.25) is 14.5 Å². The molecule has 1 heterocycles. The second kappa shape index (κ2) is 5.81. The molecular weight excluding hydrogens is 216 g/mol. The van der Waals surface area contributed by atoms with E-state index in [2.05, 4.69) is 19.9 Å². The maximum Gasteiger partial charge on any atom is 0.305 e. The van der Waals surface area contributed by atoms with Gasteiger partial charge in [0.2, 0.25) is 5.95 Å². The van der Waals surface area contributed by atoms with E-state index in [9.17, 15) is 9.59 Å². The Morgan fingerprint density at radius 3 is 2.88 bits per heavy atom. The van der Waals surface area contributed by atoms with Crippen LogP contribution in [0, 0.1) is 0 Å². The molecule has 0 saturated heterocycles. The van der Waals surface area contributed by atoms with Crippen molar-refractivity contribution >= 4 is 17.8 Å². The number of carbonyl (C=O) groups excluding carboxylic acids is 1. The number of H-pyrrole nitrogens is 1. The highest BCUT2D eigenvalue weighted by molar-refractivity contribution is 5.92. The summed E-state index contributed by atoms with van der Waals surface area (Å²) < 4.78 is 4.69. The number of aliphatic carboxylic acids is 1. The Kier molecular flexibility index (Phi) is 4.40. The summed E-state index contributed by atoms with van der Waals surface area (Å²) in [4.78, 5) is 27.0. The van der Waals surface area contributed by atoms with Crippen molar-refractivity contribution < 1.29 is 19.4 Å². The predicted octanol–water partition coefficient (Wildman–Crippen LogP) is -0.741. The van der Waals surface area contributed by atoms with E-state index in [1.807, 2.05) is 0 Å². The molecule has 0 aromatic carbocycles. The number of aromatic nitrogens is 3. The molecular formula is C8H12N4O4. The highest BCUT2D eigenvalue weighted by Crippen LogP contribution is 2.06. The number of hydrogen-bond acceptors (Lipinski definition) is 5. The summed E-state index contributed by atoms with van der Waals surface area (Å²) in [6.45, 7) is -0.118. The molecule has 16 heavy (non-hydrogen) atoms. The SMILES string of the molecule is COCC(=O)N(CCC(=O)O)c1ncn[nH]1. The second-order valence-electron chi connectivity index (χ2n) is 2.93. The fourth-order valence-corrected chi connectivity index (χ4v) is 1.09. The van der Waals surface area contributed by atoms with Gasteiger partial charge in [-0.25, -0.2) is 5.10 Å². The van der Waals surface area contributed by atoms with Crippen LogP contribution in [0.2, 0.25) is 0 Å². The molecule has 0 spiro atoms. The molecule has 0 aliphatic rings. The molecule has 1 aromatic heterocycles.